The van der Waals surface area contributed by atoms with Crippen molar-refractivity contribution in [3.05, 3.63) is 36.7 Å². The van der Waals surface area contributed by atoms with E-state index in [9.17, 15) is 13.2 Å². The molecule has 1 aliphatic rings. The first-order valence-corrected chi connectivity index (χ1v) is 8.75. The van der Waals surface area contributed by atoms with Crippen LogP contribution in [-0.4, -0.2) is 24.5 Å². The molecule has 130 valence electrons. The molecule has 2 heterocycles. The smallest absolute Gasteiger partial charge is 0.404 e. The molecule has 1 aromatic carbocycles. The van der Waals surface area contributed by atoms with Crippen LogP contribution in [0.15, 0.2) is 36.7 Å². The molecule has 0 amide bonds. The molecule has 0 spiro atoms. The van der Waals surface area contributed by atoms with Gasteiger partial charge in [0, 0.05) is 18.9 Å². The van der Waals surface area contributed by atoms with Crippen LogP contribution in [0.5, 0.6) is 5.75 Å². The predicted octanol–water partition coefficient (Wildman–Crippen LogP) is 5.54. The Hall–Kier alpha value is -1.89. The zero-order valence-corrected chi connectivity index (χ0v) is 14.2. The van der Waals surface area contributed by atoms with Crippen molar-refractivity contribution >= 4 is 26.4 Å². The molecule has 0 unspecified atom stereocenters. The fourth-order valence-corrected chi connectivity index (χ4v) is 3.77. The van der Waals surface area contributed by atoms with E-state index in [-0.39, 0.29) is 5.75 Å². The summed E-state index contributed by atoms with van der Waals surface area (Å²) in [6.07, 6.45) is 2.85. The average molecular weight is 356 g/mol. The molecule has 0 aliphatic carbocycles. The van der Waals surface area contributed by atoms with E-state index < -0.39 is 6.36 Å². The van der Waals surface area contributed by atoms with Gasteiger partial charge in [0.25, 0.3) is 0 Å². The summed E-state index contributed by atoms with van der Waals surface area (Å²) in [7, 11) is 0. The second-order valence-corrected chi connectivity index (χ2v) is 6.77. The van der Waals surface area contributed by atoms with Gasteiger partial charge in [-0.05, 0) is 23.9 Å². The summed E-state index contributed by atoms with van der Waals surface area (Å²) >= 11 is 1.32. The summed E-state index contributed by atoms with van der Waals surface area (Å²) < 4.78 is 42.2. The SMILES string of the molecule is CCCCCN1C=CN(c2cc3cccc(OC(F)(F)F)c3s2)C1. The van der Waals surface area contributed by atoms with Crippen LogP contribution in [-0.2, 0) is 0 Å². The topological polar surface area (TPSA) is 15.7 Å². The van der Waals surface area contributed by atoms with Gasteiger partial charge in [0.15, 0.2) is 0 Å². The van der Waals surface area contributed by atoms with Crippen LogP contribution in [0.1, 0.15) is 26.2 Å². The molecule has 3 rings (SSSR count). The highest BCUT2D eigenvalue weighted by atomic mass is 32.1. The molecule has 1 aromatic heterocycles. The Balaban J connectivity index is 1.75. The van der Waals surface area contributed by atoms with Crippen LogP contribution in [0, 0.1) is 0 Å². The number of hydrogen-bond donors (Lipinski definition) is 0. The monoisotopic (exact) mass is 356 g/mol. The molecule has 0 N–H and O–H groups in total. The second-order valence-electron chi connectivity index (χ2n) is 5.74. The fourth-order valence-electron chi connectivity index (χ4n) is 2.69. The highest BCUT2D eigenvalue weighted by Gasteiger charge is 2.32. The number of nitrogens with zero attached hydrogens (tertiary/aromatic N) is 2. The number of alkyl halides is 3. The molecule has 1 aliphatic heterocycles. The zero-order chi connectivity index (χ0) is 17.2. The van der Waals surface area contributed by atoms with Gasteiger partial charge in [0.1, 0.15) is 5.75 Å². The molecule has 7 heteroatoms. The van der Waals surface area contributed by atoms with Gasteiger partial charge in [-0.1, -0.05) is 31.9 Å². The predicted molar refractivity (Wildman–Crippen MR) is 91.2 cm³/mol. The number of rotatable bonds is 6. The number of anilines is 1. The van der Waals surface area contributed by atoms with Crippen LogP contribution < -0.4 is 9.64 Å². The summed E-state index contributed by atoms with van der Waals surface area (Å²) in [6, 6.07) is 6.64. The molecule has 3 nitrogen and oxygen atoms in total. The maximum atomic E-state index is 12.5. The maximum Gasteiger partial charge on any atom is 0.573 e. The van der Waals surface area contributed by atoms with Gasteiger partial charge in [0.05, 0.1) is 16.4 Å². The third-order valence-corrected chi connectivity index (χ3v) is 5.05. The van der Waals surface area contributed by atoms with Crippen LogP contribution in [0.2, 0.25) is 0 Å². The Morgan fingerprint density at radius 2 is 2.04 bits per heavy atom. The number of thiophene rings is 1. The van der Waals surface area contributed by atoms with Crippen LogP contribution in [0.25, 0.3) is 10.1 Å². The number of hydrogen-bond acceptors (Lipinski definition) is 4. The van der Waals surface area contributed by atoms with E-state index in [0.717, 1.165) is 30.0 Å². The van der Waals surface area contributed by atoms with Crippen molar-refractivity contribution in [2.75, 3.05) is 18.1 Å². The lowest BCUT2D eigenvalue weighted by atomic mass is 10.2. The fraction of sp³-hybridized carbons (Fsp3) is 0.412. The van der Waals surface area contributed by atoms with E-state index >= 15 is 0 Å². The molecular formula is C17H19F3N2OS. The maximum absolute atomic E-state index is 12.5. The first-order chi connectivity index (χ1) is 11.5. The molecule has 0 saturated carbocycles. The van der Waals surface area contributed by atoms with Crippen molar-refractivity contribution in [1.82, 2.24) is 4.90 Å². The minimum absolute atomic E-state index is 0.140. The minimum Gasteiger partial charge on any atom is -0.404 e. The Kier molecular flexibility index (Phi) is 4.89. The molecule has 24 heavy (non-hydrogen) atoms. The van der Waals surface area contributed by atoms with Crippen molar-refractivity contribution in [3.63, 3.8) is 0 Å². The highest BCUT2D eigenvalue weighted by molar-refractivity contribution is 7.23. The normalized spacial score (nSPS) is 14.8. The van der Waals surface area contributed by atoms with E-state index in [1.54, 1.807) is 12.1 Å². The highest BCUT2D eigenvalue weighted by Crippen LogP contribution is 2.40. The van der Waals surface area contributed by atoms with Crippen LogP contribution in [0.4, 0.5) is 18.2 Å². The molecule has 2 aromatic rings. The zero-order valence-electron chi connectivity index (χ0n) is 13.3. The van der Waals surface area contributed by atoms with Gasteiger partial charge in [-0.3, -0.25) is 0 Å². The molecule has 0 radical (unpaired) electrons. The van der Waals surface area contributed by atoms with Crippen molar-refractivity contribution in [1.29, 1.82) is 0 Å². The summed E-state index contributed by atoms with van der Waals surface area (Å²) in [6.45, 7) is 3.89. The molecule has 0 saturated heterocycles. The summed E-state index contributed by atoms with van der Waals surface area (Å²) in [5, 5.41) is 1.67. The van der Waals surface area contributed by atoms with E-state index in [2.05, 4.69) is 16.6 Å². The average Bonchev–Trinajstić information content (AvgIpc) is 3.12. The number of fused-ring (bicyclic) bond motifs is 1. The van der Waals surface area contributed by atoms with Crippen LogP contribution in [0.3, 0.4) is 0 Å². The van der Waals surface area contributed by atoms with Gasteiger partial charge < -0.3 is 14.5 Å². The molecule has 0 fully saturated rings. The van der Waals surface area contributed by atoms with Gasteiger partial charge in [0.2, 0.25) is 0 Å². The van der Waals surface area contributed by atoms with Crippen molar-refractivity contribution < 1.29 is 17.9 Å². The minimum atomic E-state index is -4.68. The number of unbranched alkanes of at least 4 members (excludes halogenated alkanes) is 2. The quantitative estimate of drug-likeness (QED) is 0.632. The number of benzene rings is 1. The van der Waals surface area contributed by atoms with Gasteiger partial charge in [-0.25, -0.2) is 0 Å². The standard InChI is InChI=1S/C17H19F3N2OS/c1-2-3-4-8-21-9-10-22(12-21)15-11-13-6-5-7-14(16(13)24-15)23-17(18,19)20/h5-7,9-11H,2-4,8,12H2,1H3. The number of halogens is 3. The van der Waals surface area contributed by atoms with Gasteiger partial charge in [-0.15, -0.1) is 24.5 Å². The lowest BCUT2D eigenvalue weighted by molar-refractivity contribution is -0.274. The molecular weight excluding hydrogens is 337 g/mol. The first kappa shape index (κ1) is 17.0. The van der Waals surface area contributed by atoms with Crippen LogP contribution >= 0.6 is 11.3 Å². The third kappa shape index (κ3) is 3.95. The third-order valence-electron chi connectivity index (χ3n) is 3.84. The lowest BCUT2D eigenvalue weighted by Gasteiger charge is -2.19. The van der Waals surface area contributed by atoms with E-state index in [1.165, 1.54) is 30.2 Å². The summed E-state index contributed by atoms with van der Waals surface area (Å²) in [5.74, 6) is -0.140. The van der Waals surface area contributed by atoms with E-state index in [4.69, 9.17) is 0 Å². The van der Waals surface area contributed by atoms with Crippen molar-refractivity contribution in [3.8, 4) is 5.75 Å². The largest absolute Gasteiger partial charge is 0.573 e. The van der Waals surface area contributed by atoms with Gasteiger partial charge >= 0.3 is 6.36 Å². The second kappa shape index (κ2) is 6.93. The number of ether oxygens (including phenoxy) is 1. The Morgan fingerprint density at radius 3 is 2.79 bits per heavy atom. The van der Waals surface area contributed by atoms with E-state index in [1.807, 2.05) is 23.4 Å². The molecule has 0 bridgehead atoms. The van der Waals surface area contributed by atoms with E-state index in [0.29, 0.717) is 4.70 Å². The Labute approximate surface area is 142 Å². The van der Waals surface area contributed by atoms with Gasteiger partial charge in [-0.2, -0.15) is 0 Å². The Morgan fingerprint density at radius 1 is 1.21 bits per heavy atom. The lowest BCUT2D eigenvalue weighted by Crippen LogP contribution is -2.25. The summed E-state index contributed by atoms with van der Waals surface area (Å²) in [5.41, 5.74) is 0. The van der Waals surface area contributed by atoms with Crippen molar-refractivity contribution in [2.24, 2.45) is 0 Å². The first-order valence-electron chi connectivity index (χ1n) is 7.93. The summed E-state index contributed by atoms with van der Waals surface area (Å²) in [4.78, 5) is 4.27. The van der Waals surface area contributed by atoms with Crippen molar-refractivity contribution in [2.45, 2.75) is 32.5 Å². The molecule has 0 atom stereocenters. The Bertz CT molecular complexity index is 726.